The molecule has 0 bridgehead atoms. The monoisotopic (exact) mass is 255 g/mol. The first-order valence-electron chi connectivity index (χ1n) is 4.04. The van der Waals surface area contributed by atoms with Gasteiger partial charge in [0.2, 0.25) is 0 Å². The molecule has 14 heavy (non-hydrogen) atoms. The predicted molar refractivity (Wildman–Crippen MR) is 56.8 cm³/mol. The molecule has 0 aliphatic carbocycles. The highest BCUT2D eigenvalue weighted by Gasteiger charge is 2.08. The Kier molecular flexibility index (Phi) is 2.15. The molecule has 0 amide bonds. The van der Waals surface area contributed by atoms with Crippen molar-refractivity contribution in [3.63, 3.8) is 0 Å². The molecule has 0 radical (unpaired) electrons. The predicted octanol–water partition coefficient (Wildman–Crippen LogP) is 2.44. The number of hydrogen-bond acceptors (Lipinski definition) is 1. The molecule has 0 saturated carbocycles. The second kappa shape index (κ2) is 3.20. The molecule has 2 rings (SSSR count). The van der Waals surface area contributed by atoms with Gasteiger partial charge in [-0.1, -0.05) is 12.1 Å². The van der Waals surface area contributed by atoms with E-state index in [1.165, 1.54) is 10.6 Å². The van der Waals surface area contributed by atoms with Crippen molar-refractivity contribution in [2.24, 2.45) is 7.05 Å². The zero-order chi connectivity index (χ0) is 10.3. The van der Waals surface area contributed by atoms with Crippen LogP contribution in [0.1, 0.15) is 0 Å². The Labute approximate surface area is 88.1 Å². The van der Waals surface area contributed by atoms with E-state index < -0.39 is 5.82 Å². The van der Waals surface area contributed by atoms with E-state index in [9.17, 15) is 9.18 Å². The van der Waals surface area contributed by atoms with Gasteiger partial charge in [0.1, 0.15) is 5.82 Å². The summed E-state index contributed by atoms with van der Waals surface area (Å²) < 4.78 is 15.4. The van der Waals surface area contributed by atoms with Crippen LogP contribution in [0.25, 0.3) is 10.8 Å². The molecular weight excluding hydrogens is 249 g/mol. The molecule has 0 saturated heterocycles. The lowest BCUT2D eigenvalue weighted by atomic mass is 10.1. The summed E-state index contributed by atoms with van der Waals surface area (Å²) in [6.45, 7) is 0. The van der Waals surface area contributed by atoms with E-state index in [1.54, 1.807) is 25.4 Å². The quantitative estimate of drug-likeness (QED) is 0.709. The van der Waals surface area contributed by atoms with Crippen LogP contribution < -0.4 is 5.56 Å². The molecule has 0 spiro atoms. The van der Waals surface area contributed by atoms with Crippen molar-refractivity contribution in [2.75, 3.05) is 0 Å². The van der Waals surface area contributed by atoms with Crippen LogP contribution in [0.5, 0.6) is 0 Å². The molecule has 1 heterocycles. The molecule has 0 atom stereocenters. The summed E-state index contributed by atoms with van der Waals surface area (Å²) in [5, 5.41) is 0.734. The van der Waals surface area contributed by atoms with Crippen LogP contribution in [0.15, 0.2) is 33.7 Å². The number of halogens is 2. The van der Waals surface area contributed by atoms with E-state index in [4.69, 9.17) is 0 Å². The normalized spacial score (nSPS) is 10.8. The summed E-state index contributed by atoms with van der Waals surface area (Å²) in [5.41, 5.74) is -0.318. The lowest BCUT2D eigenvalue weighted by molar-refractivity contribution is 0.637. The number of aromatic nitrogens is 1. The summed E-state index contributed by atoms with van der Waals surface area (Å²) in [5.74, 6) is -0.482. The molecule has 0 N–H and O–H groups in total. The Hall–Kier alpha value is -1.16. The smallest absolute Gasteiger partial charge is 0.261 e. The average molecular weight is 256 g/mol. The SMILES string of the molecule is Cn1cc(Br)c2cccc(F)c2c1=O. The van der Waals surface area contributed by atoms with Crippen molar-refractivity contribution in [3.05, 3.63) is 45.0 Å². The van der Waals surface area contributed by atoms with Crippen LogP contribution in [0.4, 0.5) is 4.39 Å². The summed E-state index contributed by atoms with van der Waals surface area (Å²) >= 11 is 3.29. The third-order valence-electron chi connectivity index (χ3n) is 2.11. The van der Waals surface area contributed by atoms with E-state index in [-0.39, 0.29) is 10.9 Å². The van der Waals surface area contributed by atoms with Crippen molar-refractivity contribution in [2.45, 2.75) is 0 Å². The van der Waals surface area contributed by atoms with Gasteiger partial charge in [0, 0.05) is 23.1 Å². The maximum atomic E-state index is 13.4. The Morgan fingerprint density at radius 3 is 2.86 bits per heavy atom. The van der Waals surface area contributed by atoms with Gasteiger partial charge in [0.15, 0.2) is 0 Å². The minimum absolute atomic E-state index is 0.129. The first-order valence-corrected chi connectivity index (χ1v) is 4.84. The fourth-order valence-corrected chi connectivity index (χ4v) is 2.05. The van der Waals surface area contributed by atoms with Crippen molar-refractivity contribution in [1.82, 2.24) is 4.57 Å². The first-order chi connectivity index (χ1) is 6.61. The minimum Gasteiger partial charge on any atom is -0.317 e. The Morgan fingerprint density at radius 1 is 1.43 bits per heavy atom. The van der Waals surface area contributed by atoms with Crippen LogP contribution in [-0.4, -0.2) is 4.57 Å². The fraction of sp³-hybridized carbons (Fsp3) is 0.100. The van der Waals surface area contributed by atoms with Crippen LogP contribution >= 0.6 is 15.9 Å². The first kappa shape index (κ1) is 9.40. The molecule has 0 aliphatic heterocycles. The molecule has 2 aromatic rings. The van der Waals surface area contributed by atoms with Gasteiger partial charge < -0.3 is 4.57 Å². The van der Waals surface area contributed by atoms with E-state index in [0.29, 0.717) is 9.86 Å². The summed E-state index contributed by atoms with van der Waals surface area (Å²) in [7, 11) is 1.60. The molecule has 1 aromatic heterocycles. The zero-order valence-corrected chi connectivity index (χ0v) is 9.01. The number of rotatable bonds is 0. The maximum absolute atomic E-state index is 13.4. The van der Waals surface area contributed by atoms with Crippen molar-refractivity contribution >= 4 is 26.7 Å². The summed E-state index contributed by atoms with van der Waals surface area (Å²) in [6.07, 6.45) is 1.63. The van der Waals surface area contributed by atoms with Gasteiger partial charge in [-0.25, -0.2) is 4.39 Å². The highest BCUT2D eigenvalue weighted by atomic mass is 79.9. The van der Waals surface area contributed by atoms with Gasteiger partial charge in [-0.15, -0.1) is 0 Å². The van der Waals surface area contributed by atoms with Gasteiger partial charge in [0.25, 0.3) is 5.56 Å². The topological polar surface area (TPSA) is 22.0 Å². The van der Waals surface area contributed by atoms with Crippen LogP contribution in [-0.2, 0) is 7.05 Å². The Balaban J connectivity index is 3.11. The number of nitrogens with zero attached hydrogens (tertiary/aromatic N) is 1. The van der Waals surface area contributed by atoms with E-state index in [0.717, 1.165) is 0 Å². The minimum atomic E-state index is -0.482. The standard InChI is InChI=1S/C10H7BrFNO/c1-13-5-7(11)6-3-2-4-8(12)9(6)10(13)14/h2-5H,1H3. The number of benzene rings is 1. The number of fused-ring (bicyclic) bond motifs is 1. The highest BCUT2D eigenvalue weighted by molar-refractivity contribution is 9.10. The molecule has 72 valence electrons. The fourth-order valence-electron chi connectivity index (χ4n) is 1.42. The van der Waals surface area contributed by atoms with Crippen LogP contribution in [0.3, 0.4) is 0 Å². The lowest BCUT2D eigenvalue weighted by Gasteiger charge is -2.04. The van der Waals surface area contributed by atoms with Gasteiger partial charge in [-0.2, -0.15) is 0 Å². The third-order valence-corrected chi connectivity index (χ3v) is 2.74. The molecule has 1 aromatic carbocycles. The molecular formula is C10H7BrFNO. The van der Waals surface area contributed by atoms with Crippen molar-refractivity contribution < 1.29 is 4.39 Å². The molecule has 0 unspecified atom stereocenters. The second-order valence-corrected chi connectivity index (χ2v) is 3.91. The maximum Gasteiger partial charge on any atom is 0.261 e. The summed E-state index contributed by atoms with van der Waals surface area (Å²) in [6, 6.07) is 4.59. The second-order valence-electron chi connectivity index (χ2n) is 3.06. The highest BCUT2D eigenvalue weighted by Crippen LogP contribution is 2.22. The van der Waals surface area contributed by atoms with E-state index in [2.05, 4.69) is 15.9 Å². The number of aryl methyl sites for hydroxylation is 1. The molecule has 0 fully saturated rings. The lowest BCUT2D eigenvalue weighted by Crippen LogP contribution is -2.17. The van der Waals surface area contributed by atoms with E-state index in [1.807, 2.05) is 0 Å². The summed E-state index contributed by atoms with van der Waals surface area (Å²) in [4.78, 5) is 11.6. The van der Waals surface area contributed by atoms with Crippen molar-refractivity contribution in [3.8, 4) is 0 Å². The molecule has 0 aliphatic rings. The number of hydrogen-bond donors (Lipinski definition) is 0. The van der Waals surface area contributed by atoms with Gasteiger partial charge in [-0.05, 0) is 22.0 Å². The van der Waals surface area contributed by atoms with Gasteiger partial charge in [-0.3, -0.25) is 4.79 Å². The van der Waals surface area contributed by atoms with Gasteiger partial charge >= 0.3 is 0 Å². The molecule has 2 nitrogen and oxygen atoms in total. The Morgan fingerprint density at radius 2 is 2.14 bits per heavy atom. The number of pyridine rings is 1. The zero-order valence-electron chi connectivity index (χ0n) is 7.42. The van der Waals surface area contributed by atoms with Gasteiger partial charge in [0.05, 0.1) is 5.39 Å². The van der Waals surface area contributed by atoms with Crippen molar-refractivity contribution in [1.29, 1.82) is 0 Å². The van der Waals surface area contributed by atoms with E-state index >= 15 is 0 Å². The van der Waals surface area contributed by atoms with Crippen LogP contribution in [0.2, 0.25) is 0 Å². The van der Waals surface area contributed by atoms with Crippen LogP contribution in [0, 0.1) is 5.82 Å². The third kappa shape index (κ3) is 1.26. The largest absolute Gasteiger partial charge is 0.317 e. The molecule has 4 heteroatoms. The Bertz CT molecular complexity index is 562. The average Bonchev–Trinajstić information content (AvgIpc) is 2.14.